The van der Waals surface area contributed by atoms with E-state index in [0.717, 1.165) is 4.09 Å². The van der Waals surface area contributed by atoms with Crippen molar-refractivity contribution in [2.75, 3.05) is 0 Å². The minimum Gasteiger partial charge on any atom is -0.444 e. The molecule has 0 N–H and O–H groups in total. The Labute approximate surface area is 148 Å². The first kappa shape index (κ1) is 15.9. The molecule has 0 aliphatic rings. The van der Waals surface area contributed by atoms with Crippen molar-refractivity contribution in [1.29, 1.82) is 0 Å². The number of rotatable bonds is 3. The number of aryl methyl sites for hydroxylation is 1. The van der Waals surface area contributed by atoms with Crippen LogP contribution in [-0.4, -0.2) is 22.6 Å². The van der Waals surface area contributed by atoms with E-state index in [1.807, 2.05) is 0 Å². The van der Waals surface area contributed by atoms with Crippen LogP contribution in [0, 0.1) is 6.92 Å². The van der Waals surface area contributed by atoms with Crippen molar-refractivity contribution in [3.8, 4) is 11.5 Å². The molecule has 0 saturated heterocycles. The molecule has 0 bridgehead atoms. The van der Waals surface area contributed by atoms with E-state index in [0.29, 0.717) is 33.1 Å². The highest BCUT2D eigenvalue weighted by atomic mass is 35.5. The van der Waals surface area contributed by atoms with Gasteiger partial charge in [-0.1, -0.05) is 29.8 Å². The third kappa shape index (κ3) is 2.61. The van der Waals surface area contributed by atoms with Crippen molar-refractivity contribution in [3.05, 3.63) is 65.6 Å². The second kappa shape index (κ2) is 5.72. The summed E-state index contributed by atoms with van der Waals surface area (Å²) in [6.45, 7) is 1.80. The van der Waals surface area contributed by atoms with Crippen molar-refractivity contribution < 1.29 is 12.8 Å². The van der Waals surface area contributed by atoms with Crippen molar-refractivity contribution in [3.63, 3.8) is 0 Å². The fraction of sp³-hybridized carbons (Fsp3) is 0.0588. The van der Waals surface area contributed by atoms with Crippen LogP contribution in [0.3, 0.4) is 0 Å². The summed E-state index contributed by atoms with van der Waals surface area (Å²) in [4.78, 5) is 4.44. The summed E-state index contributed by atoms with van der Waals surface area (Å²) in [5.74, 6) is 0.363. The van der Waals surface area contributed by atoms with Crippen LogP contribution in [0.2, 0.25) is 5.02 Å². The van der Waals surface area contributed by atoms with Crippen molar-refractivity contribution in [1.82, 2.24) is 14.2 Å². The van der Waals surface area contributed by atoms with Gasteiger partial charge in [0.05, 0.1) is 22.3 Å². The summed E-state index contributed by atoms with van der Waals surface area (Å²) in [6.07, 6.45) is 2.99. The second-order valence-corrected chi connectivity index (χ2v) is 7.69. The van der Waals surface area contributed by atoms with Crippen molar-refractivity contribution in [2.24, 2.45) is 0 Å². The number of aromatic nitrogens is 3. The zero-order chi connectivity index (χ0) is 17.6. The lowest BCUT2D eigenvalue weighted by Crippen LogP contribution is -2.14. The van der Waals surface area contributed by atoms with Crippen LogP contribution in [-0.2, 0) is 10.0 Å². The summed E-state index contributed by atoms with van der Waals surface area (Å²) in [7, 11) is -3.84. The lowest BCUT2D eigenvalue weighted by atomic mass is 10.1. The van der Waals surface area contributed by atoms with Crippen LogP contribution < -0.4 is 0 Å². The van der Waals surface area contributed by atoms with Gasteiger partial charge >= 0.3 is 0 Å². The topological polar surface area (TPSA) is 78.0 Å². The molecule has 2 heterocycles. The smallest absolute Gasteiger partial charge is 0.283 e. The standard InChI is InChI=1S/C17H12ClN3O3S/c1-11-10-24-17(20-11)14-7-12(18)8-16-15(14)9-19-21(16)25(22,23)13-5-3-2-4-6-13/h2-10H,1H3. The molecular formula is C17H12ClN3O3S. The van der Waals surface area contributed by atoms with Gasteiger partial charge in [0, 0.05) is 16.0 Å². The van der Waals surface area contributed by atoms with E-state index in [4.69, 9.17) is 16.0 Å². The first-order chi connectivity index (χ1) is 12.0. The quantitative estimate of drug-likeness (QED) is 0.544. The molecule has 4 aromatic rings. The molecule has 126 valence electrons. The SMILES string of the molecule is Cc1coc(-c2cc(Cl)cc3c2cnn3S(=O)(=O)c2ccccc2)n1. The van der Waals surface area contributed by atoms with Crippen molar-refractivity contribution in [2.45, 2.75) is 11.8 Å². The molecule has 0 unspecified atom stereocenters. The summed E-state index contributed by atoms with van der Waals surface area (Å²) in [5.41, 5.74) is 1.67. The van der Waals surface area contributed by atoms with Gasteiger partial charge in [-0.3, -0.25) is 0 Å². The summed E-state index contributed by atoms with van der Waals surface area (Å²) >= 11 is 6.20. The number of fused-ring (bicyclic) bond motifs is 1. The Kier molecular flexibility index (Phi) is 3.63. The van der Waals surface area contributed by atoms with E-state index in [1.54, 1.807) is 37.3 Å². The van der Waals surface area contributed by atoms with Gasteiger partial charge < -0.3 is 4.42 Å². The van der Waals surface area contributed by atoms with Crippen LogP contribution >= 0.6 is 11.6 Å². The maximum atomic E-state index is 12.9. The Morgan fingerprint density at radius 3 is 2.60 bits per heavy atom. The highest BCUT2D eigenvalue weighted by Gasteiger charge is 2.22. The lowest BCUT2D eigenvalue weighted by Gasteiger charge is -2.07. The fourth-order valence-corrected chi connectivity index (χ4v) is 4.10. The Balaban J connectivity index is 1.98. The number of halogens is 1. The molecule has 0 fully saturated rings. The highest BCUT2D eigenvalue weighted by Crippen LogP contribution is 2.32. The van der Waals surface area contributed by atoms with Crippen molar-refractivity contribution >= 4 is 32.5 Å². The molecular weight excluding hydrogens is 362 g/mol. The average Bonchev–Trinajstić information content (AvgIpc) is 3.21. The number of benzene rings is 2. The van der Waals surface area contributed by atoms with E-state index in [9.17, 15) is 8.42 Å². The van der Waals surface area contributed by atoms with Crippen LogP contribution in [0.1, 0.15) is 5.69 Å². The zero-order valence-electron chi connectivity index (χ0n) is 13.0. The molecule has 0 aliphatic heterocycles. The molecule has 25 heavy (non-hydrogen) atoms. The molecule has 0 spiro atoms. The molecule has 0 aliphatic carbocycles. The highest BCUT2D eigenvalue weighted by molar-refractivity contribution is 7.90. The van der Waals surface area contributed by atoms with E-state index in [-0.39, 0.29) is 4.90 Å². The van der Waals surface area contributed by atoms with Crippen LogP contribution in [0.15, 0.2) is 64.2 Å². The maximum absolute atomic E-state index is 12.9. The van der Waals surface area contributed by atoms with E-state index in [1.165, 1.54) is 24.6 Å². The van der Waals surface area contributed by atoms with Gasteiger partial charge in [-0.25, -0.2) is 4.98 Å². The van der Waals surface area contributed by atoms with E-state index in [2.05, 4.69) is 10.1 Å². The minimum atomic E-state index is -3.84. The molecule has 0 amide bonds. The number of oxazole rings is 1. The molecule has 6 nitrogen and oxygen atoms in total. The lowest BCUT2D eigenvalue weighted by molar-refractivity contribution is 0.574. The summed E-state index contributed by atoms with van der Waals surface area (Å²) in [6, 6.07) is 11.3. The molecule has 0 atom stereocenters. The monoisotopic (exact) mass is 373 g/mol. The molecule has 0 radical (unpaired) electrons. The van der Waals surface area contributed by atoms with E-state index < -0.39 is 10.0 Å². The predicted octanol–water partition coefficient (Wildman–Crippen LogP) is 3.89. The number of nitrogens with zero attached hydrogens (tertiary/aromatic N) is 3. The third-order valence-electron chi connectivity index (χ3n) is 3.74. The Morgan fingerprint density at radius 2 is 1.92 bits per heavy atom. The molecule has 4 rings (SSSR count). The van der Waals surface area contributed by atoms with Gasteiger partial charge in [0.25, 0.3) is 10.0 Å². The number of hydrogen-bond acceptors (Lipinski definition) is 5. The molecule has 2 aromatic carbocycles. The first-order valence-corrected chi connectivity index (χ1v) is 9.19. The second-order valence-electron chi connectivity index (χ2n) is 5.49. The largest absolute Gasteiger partial charge is 0.444 e. The van der Waals surface area contributed by atoms with Gasteiger partial charge in [0.2, 0.25) is 5.89 Å². The maximum Gasteiger partial charge on any atom is 0.283 e. The van der Waals surface area contributed by atoms with Gasteiger partial charge in [0.15, 0.2) is 0 Å². The minimum absolute atomic E-state index is 0.147. The Hall–Kier alpha value is -2.64. The Morgan fingerprint density at radius 1 is 1.16 bits per heavy atom. The van der Waals surface area contributed by atoms with Gasteiger partial charge in [0.1, 0.15) is 6.26 Å². The summed E-state index contributed by atoms with van der Waals surface area (Å²) in [5, 5.41) is 5.03. The average molecular weight is 374 g/mol. The predicted molar refractivity (Wildman–Crippen MR) is 94.0 cm³/mol. The molecule has 0 saturated carbocycles. The first-order valence-electron chi connectivity index (χ1n) is 7.37. The molecule has 2 aromatic heterocycles. The van der Waals surface area contributed by atoms with Crippen LogP contribution in [0.5, 0.6) is 0 Å². The molecule has 8 heteroatoms. The van der Waals surface area contributed by atoms with Gasteiger partial charge in [-0.15, -0.1) is 0 Å². The fourth-order valence-electron chi connectivity index (χ4n) is 2.61. The normalized spacial score (nSPS) is 11.9. The summed E-state index contributed by atoms with van der Waals surface area (Å²) < 4.78 is 32.2. The Bertz CT molecular complexity index is 1180. The zero-order valence-corrected chi connectivity index (χ0v) is 14.6. The van der Waals surface area contributed by atoms with Crippen LogP contribution in [0.25, 0.3) is 22.4 Å². The van der Waals surface area contributed by atoms with E-state index >= 15 is 0 Å². The third-order valence-corrected chi connectivity index (χ3v) is 5.57. The van der Waals surface area contributed by atoms with Crippen LogP contribution in [0.4, 0.5) is 0 Å². The van der Waals surface area contributed by atoms with Gasteiger partial charge in [-0.05, 0) is 31.2 Å². The number of hydrogen-bond donors (Lipinski definition) is 0. The van der Waals surface area contributed by atoms with Gasteiger partial charge in [-0.2, -0.15) is 17.6 Å².